The largest absolute Gasteiger partial charge is 0.508 e. The standard InChI is InChI=1S/C30H22O13/c31-12-3-1-10(2-4-12)28-23(25(39)20-14(33)7-13(32)8-19(20)42-28)21-15(34)9-16(35)22-26(40)27(41)29(43-30(21)22)11-5-17(36)24(38)18(37)6-11/h1-9,23,27-29,31-38,41H/t23-,27-,28+,29+/m0/s1. The van der Waals surface area contributed by atoms with E-state index in [2.05, 4.69) is 0 Å². The van der Waals surface area contributed by atoms with Crippen molar-refractivity contribution in [1.82, 2.24) is 0 Å². The summed E-state index contributed by atoms with van der Waals surface area (Å²) in [4.78, 5) is 27.5. The molecule has 13 heteroatoms. The lowest BCUT2D eigenvalue weighted by molar-refractivity contribution is 0.0195. The fourth-order valence-electron chi connectivity index (χ4n) is 5.46. The van der Waals surface area contributed by atoms with Crippen molar-refractivity contribution < 1.29 is 65.0 Å². The molecule has 220 valence electrons. The number of phenols is 8. The Morgan fingerprint density at radius 3 is 1.84 bits per heavy atom. The molecular formula is C30H22O13. The lowest BCUT2D eigenvalue weighted by Crippen LogP contribution is -2.38. The minimum Gasteiger partial charge on any atom is -0.508 e. The van der Waals surface area contributed by atoms with Crippen molar-refractivity contribution in [1.29, 1.82) is 0 Å². The molecule has 13 nitrogen and oxygen atoms in total. The predicted molar refractivity (Wildman–Crippen MR) is 143 cm³/mol. The summed E-state index contributed by atoms with van der Waals surface area (Å²) in [5.41, 5.74) is -1.26. The van der Waals surface area contributed by atoms with Crippen LogP contribution < -0.4 is 9.47 Å². The smallest absolute Gasteiger partial charge is 0.202 e. The molecule has 4 aromatic carbocycles. The summed E-state index contributed by atoms with van der Waals surface area (Å²) in [6, 6.07) is 10.0. The van der Waals surface area contributed by atoms with E-state index in [0.717, 1.165) is 30.3 Å². The maximum atomic E-state index is 14.1. The molecule has 0 fully saturated rings. The van der Waals surface area contributed by atoms with Crippen LogP contribution in [0.3, 0.4) is 0 Å². The van der Waals surface area contributed by atoms with Gasteiger partial charge < -0.3 is 55.4 Å². The van der Waals surface area contributed by atoms with E-state index in [1.165, 1.54) is 24.3 Å². The van der Waals surface area contributed by atoms with Crippen molar-refractivity contribution in [2.24, 2.45) is 0 Å². The number of fused-ring (bicyclic) bond motifs is 2. The number of ketones is 2. The van der Waals surface area contributed by atoms with Crippen molar-refractivity contribution in [3.05, 3.63) is 82.4 Å². The van der Waals surface area contributed by atoms with Crippen molar-refractivity contribution >= 4 is 11.6 Å². The number of carbonyl (C=O) groups excluding carboxylic acids is 2. The molecule has 0 spiro atoms. The molecule has 4 atom stereocenters. The van der Waals surface area contributed by atoms with E-state index in [1.54, 1.807) is 0 Å². The van der Waals surface area contributed by atoms with E-state index in [4.69, 9.17) is 9.47 Å². The van der Waals surface area contributed by atoms with Crippen LogP contribution in [0.15, 0.2) is 54.6 Å². The van der Waals surface area contributed by atoms with Crippen LogP contribution in [0, 0.1) is 0 Å². The highest BCUT2D eigenvalue weighted by Gasteiger charge is 2.48. The summed E-state index contributed by atoms with van der Waals surface area (Å²) >= 11 is 0. The Hall–Kier alpha value is -5.82. The molecule has 0 unspecified atom stereocenters. The highest BCUT2D eigenvalue weighted by atomic mass is 16.5. The molecule has 0 aliphatic carbocycles. The topological polar surface area (TPSA) is 235 Å². The van der Waals surface area contributed by atoms with Gasteiger partial charge >= 0.3 is 0 Å². The Kier molecular flexibility index (Phi) is 6.13. The number of rotatable bonds is 3. The van der Waals surface area contributed by atoms with Crippen LogP contribution >= 0.6 is 0 Å². The monoisotopic (exact) mass is 590 g/mol. The van der Waals surface area contributed by atoms with Crippen LogP contribution in [0.5, 0.6) is 57.5 Å². The van der Waals surface area contributed by atoms with Gasteiger partial charge in [0.05, 0.1) is 11.5 Å². The Balaban J connectivity index is 1.59. The average Bonchev–Trinajstić information content (AvgIpc) is 2.94. The van der Waals surface area contributed by atoms with Gasteiger partial charge in [-0.2, -0.15) is 0 Å². The molecular weight excluding hydrogens is 568 g/mol. The van der Waals surface area contributed by atoms with Gasteiger partial charge in [-0.15, -0.1) is 0 Å². The first-order valence-corrected chi connectivity index (χ1v) is 12.7. The van der Waals surface area contributed by atoms with E-state index in [-0.39, 0.29) is 33.8 Å². The maximum Gasteiger partial charge on any atom is 0.202 e. The van der Waals surface area contributed by atoms with E-state index in [9.17, 15) is 55.5 Å². The van der Waals surface area contributed by atoms with E-state index >= 15 is 0 Å². The molecule has 4 aromatic rings. The number of hydrogen-bond donors (Lipinski definition) is 9. The lowest BCUT2D eigenvalue weighted by Gasteiger charge is -2.37. The second-order valence-electron chi connectivity index (χ2n) is 10.1. The number of benzene rings is 4. The number of aliphatic hydroxyl groups is 1. The number of Topliss-reactive ketones (excluding diaryl/α,β-unsaturated/α-hetero) is 2. The molecule has 2 aliphatic rings. The zero-order valence-corrected chi connectivity index (χ0v) is 21.7. The van der Waals surface area contributed by atoms with E-state index < -0.39 is 87.4 Å². The predicted octanol–water partition coefficient (Wildman–Crippen LogP) is 3.11. The quantitative estimate of drug-likeness (QED) is 0.156. The van der Waals surface area contributed by atoms with Crippen molar-refractivity contribution in [2.45, 2.75) is 24.2 Å². The number of phenolic OH excluding ortho intramolecular Hbond substituents is 8. The molecule has 0 aromatic heterocycles. The fourth-order valence-corrected chi connectivity index (χ4v) is 5.46. The maximum absolute atomic E-state index is 14.1. The third-order valence-corrected chi connectivity index (χ3v) is 7.43. The number of aliphatic hydroxyl groups excluding tert-OH is 1. The molecule has 2 heterocycles. The highest BCUT2D eigenvalue weighted by molar-refractivity contribution is 6.10. The third kappa shape index (κ3) is 4.21. The average molecular weight is 590 g/mol. The molecule has 0 bridgehead atoms. The van der Waals surface area contributed by atoms with Crippen molar-refractivity contribution in [2.75, 3.05) is 0 Å². The highest BCUT2D eigenvalue weighted by Crippen LogP contribution is 2.55. The Morgan fingerprint density at radius 1 is 0.558 bits per heavy atom. The SMILES string of the molecule is O=C1c2c(O)cc(O)cc2O[C@H](c2ccc(O)cc2)[C@H]1c1c(O)cc(O)c2c1O[C@H](c1cc(O)c(O)c(O)c1)[C@@H](O)C2=O. The molecule has 2 aliphatic heterocycles. The van der Waals surface area contributed by atoms with Gasteiger partial charge in [0.25, 0.3) is 0 Å². The van der Waals surface area contributed by atoms with Crippen LogP contribution in [0.4, 0.5) is 0 Å². The minimum atomic E-state index is -2.02. The third-order valence-electron chi connectivity index (χ3n) is 7.43. The number of carbonyl (C=O) groups is 2. The van der Waals surface area contributed by atoms with Gasteiger partial charge in [-0.1, -0.05) is 12.1 Å². The Labute approximate surface area is 240 Å². The molecule has 0 saturated carbocycles. The Bertz CT molecular complexity index is 1810. The summed E-state index contributed by atoms with van der Waals surface area (Å²) in [7, 11) is 0. The van der Waals surface area contributed by atoms with Gasteiger partial charge in [0.15, 0.2) is 35.2 Å². The van der Waals surface area contributed by atoms with E-state index in [1.807, 2.05) is 0 Å². The number of aromatic hydroxyl groups is 8. The number of hydrogen-bond acceptors (Lipinski definition) is 13. The fraction of sp³-hybridized carbons (Fsp3) is 0.133. The summed E-state index contributed by atoms with van der Waals surface area (Å²) in [5, 5.41) is 92.9. The molecule has 9 N–H and O–H groups in total. The Morgan fingerprint density at radius 2 is 1.19 bits per heavy atom. The van der Waals surface area contributed by atoms with Crippen LogP contribution in [-0.2, 0) is 0 Å². The van der Waals surface area contributed by atoms with Crippen molar-refractivity contribution in [3.63, 3.8) is 0 Å². The summed E-state index contributed by atoms with van der Waals surface area (Å²) in [6.45, 7) is 0. The second-order valence-corrected chi connectivity index (χ2v) is 10.1. The van der Waals surface area contributed by atoms with Gasteiger partial charge in [-0.25, -0.2) is 0 Å². The minimum absolute atomic E-state index is 0.117. The normalized spacial score (nSPS) is 21.0. The molecule has 0 amide bonds. The second kappa shape index (κ2) is 9.63. The number of ether oxygens (including phenoxy) is 2. The summed E-state index contributed by atoms with van der Waals surface area (Å²) in [6.07, 6.45) is -5.02. The first kappa shape index (κ1) is 27.4. The zero-order valence-electron chi connectivity index (χ0n) is 21.7. The van der Waals surface area contributed by atoms with Crippen LogP contribution in [0.2, 0.25) is 0 Å². The van der Waals surface area contributed by atoms with Gasteiger partial charge in [-0.05, 0) is 29.8 Å². The molecule has 0 saturated heterocycles. The lowest BCUT2D eigenvalue weighted by atomic mass is 9.78. The summed E-state index contributed by atoms with van der Waals surface area (Å²) in [5.74, 6) is -9.48. The van der Waals surface area contributed by atoms with Gasteiger partial charge in [0.2, 0.25) is 5.78 Å². The van der Waals surface area contributed by atoms with Crippen LogP contribution in [0.1, 0.15) is 55.5 Å². The van der Waals surface area contributed by atoms with Gasteiger partial charge in [-0.3, -0.25) is 9.59 Å². The molecule has 6 rings (SSSR count). The first-order valence-electron chi connectivity index (χ1n) is 12.7. The van der Waals surface area contributed by atoms with Gasteiger partial charge in [0, 0.05) is 23.8 Å². The van der Waals surface area contributed by atoms with Crippen LogP contribution in [-0.4, -0.2) is 63.6 Å². The first-order chi connectivity index (χ1) is 20.4. The zero-order chi connectivity index (χ0) is 30.9. The molecule has 0 radical (unpaired) electrons. The van der Waals surface area contributed by atoms with E-state index in [0.29, 0.717) is 0 Å². The van der Waals surface area contributed by atoms with Crippen LogP contribution in [0.25, 0.3) is 0 Å². The molecule has 43 heavy (non-hydrogen) atoms. The summed E-state index contributed by atoms with van der Waals surface area (Å²) < 4.78 is 12.0. The van der Waals surface area contributed by atoms with Crippen molar-refractivity contribution in [3.8, 4) is 57.5 Å². The van der Waals surface area contributed by atoms with Gasteiger partial charge in [0.1, 0.15) is 57.5 Å².